The van der Waals surface area contributed by atoms with E-state index in [9.17, 15) is 14.5 Å². The molecule has 2 aromatic rings. The van der Waals surface area contributed by atoms with Gasteiger partial charge in [-0.15, -0.1) is 0 Å². The fourth-order valence-electron chi connectivity index (χ4n) is 1.48. The Balaban J connectivity index is 2.25. The van der Waals surface area contributed by atoms with Gasteiger partial charge < -0.3 is 4.74 Å². The van der Waals surface area contributed by atoms with Gasteiger partial charge in [-0.1, -0.05) is 29.3 Å². The number of benzene rings is 1. The number of nitro benzene ring substituents is 1. The average molecular weight is 317 g/mol. The summed E-state index contributed by atoms with van der Waals surface area (Å²) >= 11 is 11.5. The van der Waals surface area contributed by atoms with Gasteiger partial charge in [0.15, 0.2) is 5.82 Å². The highest BCUT2D eigenvalue weighted by Gasteiger charge is 2.19. The van der Waals surface area contributed by atoms with Gasteiger partial charge in [0.1, 0.15) is 11.8 Å². The SMILES string of the molecule is O=[N+]([O-])c1cccc(F)c1OCc1cnc(Cl)cc1Cl. The first-order valence-electron chi connectivity index (χ1n) is 5.34. The zero-order chi connectivity index (χ0) is 14.7. The van der Waals surface area contributed by atoms with E-state index in [0.29, 0.717) is 5.56 Å². The lowest BCUT2D eigenvalue weighted by Crippen LogP contribution is -2.02. The number of para-hydroxylation sites is 1. The topological polar surface area (TPSA) is 65.3 Å². The van der Waals surface area contributed by atoms with Crippen LogP contribution in [0.25, 0.3) is 0 Å². The van der Waals surface area contributed by atoms with Crippen LogP contribution in [0.3, 0.4) is 0 Å². The summed E-state index contributed by atoms with van der Waals surface area (Å²) in [6, 6.07) is 4.86. The van der Waals surface area contributed by atoms with Crippen molar-refractivity contribution in [2.45, 2.75) is 6.61 Å². The molecule has 0 amide bonds. The second-order valence-electron chi connectivity index (χ2n) is 3.73. The predicted octanol–water partition coefficient (Wildman–Crippen LogP) is 4.01. The molecular weight excluding hydrogens is 310 g/mol. The third-order valence-corrected chi connectivity index (χ3v) is 2.97. The number of halogens is 3. The van der Waals surface area contributed by atoms with Crippen LogP contribution >= 0.6 is 23.2 Å². The van der Waals surface area contributed by atoms with Crippen molar-refractivity contribution in [2.24, 2.45) is 0 Å². The molecule has 1 aromatic heterocycles. The van der Waals surface area contributed by atoms with Crippen LogP contribution in [0, 0.1) is 15.9 Å². The van der Waals surface area contributed by atoms with E-state index in [1.807, 2.05) is 0 Å². The molecule has 2 rings (SSSR count). The number of aromatic nitrogens is 1. The quantitative estimate of drug-likeness (QED) is 0.485. The maximum Gasteiger partial charge on any atom is 0.314 e. The summed E-state index contributed by atoms with van der Waals surface area (Å²) in [6.07, 6.45) is 1.36. The maximum absolute atomic E-state index is 13.6. The Hall–Kier alpha value is -1.92. The van der Waals surface area contributed by atoms with E-state index in [1.54, 1.807) is 0 Å². The van der Waals surface area contributed by atoms with Gasteiger partial charge >= 0.3 is 5.69 Å². The van der Waals surface area contributed by atoms with Gasteiger partial charge in [-0.25, -0.2) is 9.37 Å². The molecule has 0 fully saturated rings. The van der Waals surface area contributed by atoms with Crippen molar-refractivity contribution in [3.05, 3.63) is 62.1 Å². The zero-order valence-corrected chi connectivity index (χ0v) is 11.4. The van der Waals surface area contributed by atoms with E-state index in [2.05, 4.69) is 4.98 Å². The highest BCUT2D eigenvalue weighted by molar-refractivity contribution is 6.34. The van der Waals surface area contributed by atoms with Crippen molar-refractivity contribution in [1.82, 2.24) is 4.98 Å². The zero-order valence-electron chi connectivity index (χ0n) is 9.85. The minimum absolute atomic E-state index is 0.162. The predicted molar refractivity (Wildman–Crippen MR) is 71.6 cm³/mol. The van der Waals surface area contributed by atoms with E-state index in [1.165, 1.54) is 18.3 Å². The van der Waals surface area contributed by atoms with Crippen LogP contribution in [0.15, 0.2) is 30.5 Å². The molecule has 104 valence electrons. The third-order valence-electron chi connectivity index (χ3n) is 2.41. The molecule has 5 nitrogen and oxygen atoms in total. The second kappa shape index (κ2) is 6.02. The lowest BCUT2D eigenvalue weighted by Gasteiger charge is -2.08. The lowest BCUT2D eigenvalue weighted by molar-refractivity contribution is -0.386. The first kappa shape index (κ1) is 14.5. The van der Waals surface area contributed by atoms with Gasteiger partial charge in [-0.05, 0) is 12.1 Å². The molecule has 0 atom stereocenters. The van der Waals surface area contributed by atoms with Gasteiger partial charge in [0.25, 0.3) is 0 Å². The van der Waals surface area contributed by atoms with Gasteiger partial charge in [-0.2, -0.15) is 0 Å². The molecule has 8 heteroatoms. The minimum Gasteiger partial charge on any atom is -0.480 e. The van der Waals surface area contributed by atoms with Gasteiger partial charge in [0, 0.05) is 17.8 Å². The largest absolute Gasteiger partial charge is 0.480 e. The highest BCUT2D eigenvalue weighted by atomic mass is 35.5. The normalized spacial score (nSPS) is 10.3. The van der Waals surface area contributed by atoms with Gasteiger partial charge in [-0.3, -0.25) is 10.1 Å². The molecule has 0 aliphatic heterocycles. The van der Waals surface area contributed by atoms with Crippen LogP contribution in [0.2, 0.25) is 10.2 Å². The number of hydrogen-bond acceptors (Lipinski definition) is 4. The molecular formula is C12H7Cl2FN2O3. The van der Waals surface area contributed by atoms with E-state index >= 15 is 0 Å². The summed E-state index contributed by atoms with van der Waals surface area (Å²) in [6.45, 7) is -0.162. The number of hydrogen-bond donors (Lipinski definition) is 0. The standard InChI is InChI=1S/C12H7Cl2FN2O3/c13-8-4-11(14)16-5-7(8)6-20-12-9(15)2-1-3-10(12)17(18)19/h1-5H,6H2. The molecule has 0 unspecified atom stereocenters. The summed E-state index contributed by atoms with van der Waals surface area (Å²) in [7, 11) is 0. The third kappa shape index (κ3) is 3.15. The summed E-state index contributed by atoms with van der Waals surface area (Å²) in [5.74, 6) is -1.26. The van der Waals surface area contributed by atoms with Gasteiger partial charge in [0.05, 0.1) is 9.95 Å². The van der Waals surface area contributed by atoms with Crippen LogP contribution < -0.4 is 4.74 Å². The molecule has 0 aliphatic carbocycles. The van der Waals surface area contributed by atoms with E-state index in [0.717, 1.165) is 12.1 Å². The van der Waals surface area contributed by atoms with Crippen molar-refractivity contribution < 1.29 is 14.1 Å². The van der Waals surface area contributed by atoms with Crippen molar-refractivity contribution >= 4 is 28.9 Å². The van der Waals surface area contributed by atoms with E-state index in [4.69, 9.17) is 27.9 Å². The Bertz CT molecular complexity index is 667. The Morgan fingerprint density at radius 1 is 1.40 bits per heavy atom. The smallest absolute Gasteiger partial charge is 0.314 e. The van der Waals surface area contributed by atoms with Crippen LogP contribution in [0.5, 0.6) is 5.75 Å². The summed E-state index contributed by atoms with van der Waals surface area (Å²) in [5.41, 5.74) is -0.0170. The van der Waals surface area contributed by atoms with Crippen LogP contribution in [-0.4, -0.2) is 9.91 Å². The number of ether oxygens (including phenoxy) is 1. The first-order valence-corrected chi connectivity index (χ1v) is 6.10. The Morgan fingerprint density at radius 3 is 2.80 bits per heavy atom. The van der Waals surface area contributed by atoms with Crippen LogP contribution in [-0.2, 0) is 6.61 Å². The minimum atomic E-state index is -0.822. The molecule has 0 bridgehead atoms. The van der Waals surface area contributed by atoms with Crippen LogP contribution in [0.1, 0.15) is 5.56 Å². The molecule has 20 heavy (non-hydrogen) atoms. The Labute approximate surface area is 123 Å². The Morgan fingerprint density at radius 2 is 2.15 bits per heavy atom. The number of pyridine rings is 1. The van der Waals surface area contributed by atoms with Crippen molar-refractivity contribution in [1.29, 1.82) is 0 Å². The highest BCUT2D eigenvalue weighted by Crippen LogP contribution is 2.31. The molecule has 1 aromatic carbocycles. The summed E-state index contributed by atoms with van der Waals surface area (Å²) < 4.78 is 18.7. The summed E-state index contributed by atoms with van der Waals surface area (Å²) in [5, 5.41) is 11.3. The van der Waals surface area contributed by atoms with Crippen LogP contribution in [0.4, 0.5) is 10.1 Å². The first-order chi connectivity index (χ1) is 9.49. The summed E-state index contributed by atoms with van der Waals surface area (Å²) in [4.78, 5) is 13.9. The number of nitrogens with zero attached hydrogens (tertiary/aromatic N) is 2. The number of nitro groups is 1. The van der Waals surface area contributed by atoms with Crippen molar-refractivity contribution in [3.8, 4) is 5.75 Å². The van der Waals surface area contributed by atoms with E-state index in [-0.39, 0.29) is 16.8 Å². The molecule has 0 saturated heterocycles. The fraction of sp³-hybridized carbons (Fsp3) is 0.0833. The molecule has 0 spiro atoms. The maximum atomic E-state index is 13.6. The molecule has 1 heterocycles. The average Bonchev–Trinajstić information content (AvgIpc) is 2.38. The fourth-order valence-corrected chi connectivity index (χ4v) is 1.90. The molecule has 0 radical (unpaired) electrons. The van der Waals surface area contributed by atoms with Gasteiger partial charge in [0.2, 0.25) is 5.75 Å². The molecule has 0 saturated carbocycles. The Kier molecular flexibility index (Phi) is 4.36. The number of rotatable bonds is 4. The lowest BCUT2D eigenvalue weighted by atomic mass is 10.2. The van der Waals surface area contributed by atoms with Crippen molar-refractivity contribution in [3.63, 3.8) is 0 Å². The van der Waals surface area contributed by atoms with Crippen molar-refractivity contribution in [2.75, 3.05) is 0 Å². The monoisotopic (exact) mass is 316 g/mol. The molecule has 0 aliphatic rings. The second-order valence-corrected chi connectivity index (χ2v) is 4.53. The molecule has 0 N–H and O–H groups in total. The van der Waals surface area contributed by atoms with E-state index < -0.39 is 22.2 Å².